The van der Waals surface area contributed by atoms with Gasteiger partial charge in [-0.3, -0.25) is 19.3 Å². The summed E-state index contributed by atoms with van der Waals surface area (Å²) < 4.78 is 10.4. The van der Waals surface area contributed by atoms with Gasteiger partial charge in [0.15, 0.2) is 11.7 Å². The second-order valence-electron chi connectivity index (χ2n) is 5.70. The van der Waals surface area contributed by atoms with Gasteiger partial charge in [0, 0.05) is 17.4 Å². The van der Waals surface area contributed by atoms with Crippen LogP contribution in [0.5, 0.6) is 5.75 Å². The van der Waals surface area contributed by atoms with Crippen LogP contribution >= 0.6 is 11.3 Å². The Morgan fingerprint density at radius 3 is 2.93 bits per heavy atom. The molecule has 0 bridgehead atoms. The highest BCUT2D eigenvalue weighted by atomic mass is 32.1. The summed E-state index contributed by atoms with van der Waals surface area (Å²) in [5.41, 5.74) is 1.89. The lowest BCUT2D eigenvalue weighted by atomic mass is 10.1. The van der Waals surface area contributed by atoms with Crippen molar-refractivity contribution in [2.45, 2.75) is 20.3 Å². The van der Waals surface area contributed by atoms with Crippen molar-refractivity contribution in [3.05, 3.63) is 23.6 Å². The monoisotopic (exact) mass is 389 g/mol. The van der Waals surface area contributed by atoms with Gasteiger partial charge in [-0.15, -0.1) is 11.3 Å². The molecule has 0 saturated heterocycles. The maximum Gasteiger partial charge on any atom is 0.326 e. The van der Waals surface area contributed by atoms with Crippen LogP contribution in [0.1, 0.15) is 20.3 Å². The molecule has 8 nitrogen and oxygen atoms in total. The van der Waals surface area contributed by atoms with E-state index in [1.807, 2.05) is 11.4 Å². The minimum absolute atomic E-state index is 0.110. The Morgan fingerprint density at radius 1 is 1.37 bits per heavy atom. The number of benzene rings is 1. The second kappa shape index (κ2) is 8.17. The van der Waals surface area contributed by atoms with Crippen molar-refractivity contribution < 1.29 is 23.9 Å². The third-order valence-electron chi connectivity index (χ3n) is 3.86. The van der Waals surface area contributed by atoms with Crippen molar-refractivity contribution in [1.29, 1.82) is 0 Å². The number of anilines is 2. The smallest absolute Gasteiger partial charge is 0.326 e. The molecule has 0 unspecified atom stereocenters. The van der Waals surface area contributed by atoms with Gasteiger partial charge in [-0.05, 0) is 25.1 Å². The number of hydrogen-bond donors (Lipinski definition) is 1. The fourth-order valence-electron chi connectivity index (χ4n) is 2.54. The molecule has 2 amide bonds. The molecule has 0 fully saturated rings. The lowest BCUT2D eigenvalue weighted by Crippen LogP contribution is -2.42. The zero-order valence-electron chi connectivity index (χ0n) is 15.0. The van der Waals surface area contributed by atoms with Gasteiger partial charge >= 0.3 is 5.97 Å². The van der Waals surface area contributed by atoms with E-state index in [0.717, 1.165) is 5.56 Å². The standard InChI is InChI=1S/C18H19N3O5S/c1-3-15(22)20-18-19-12(10-27-18)11-5-6-14-13(7-11)21(16(23)9-26-14)8-17(24)25-4-2/h5-7,10H,3-4,8-9H2,1-2H3,(H,19,20,22). The number of esters is 1. The predicted octanol–water partition coefficient (Wildman–Crippen LogP) is 2.45. The maximum absolute atomic E-state index is 12.2. The van der Waals surface area contributed by atoms with Crippen LogP contribution in [0.15, 0.2) is 23.6 Å². The fraction of sp³-hybridized carbons (Fsp3) is 0.333. The summed E-state index contributed by atoms with van der Waals surface area (Å²) >= 11 is 1.32. The number of ether oxygens (including phenoxy) is 2. The third-order valence-corrected chi connectivity index (χ3v) is 4.62. The molecule has 0 spiro atoms. The van der Waals surface area contributed by atoms with Gasteiger partial charge < -0.3 is 14.8 Å². The van der Waals surface area contributed by atoms with Crippen LogP contribution in [0.4, 0.5) is 10.8 Å². The molecule has 3 rings (SSSR count). The van der Waals surface area contributed by atoms with E-state index in [9.17, 15) is 14.4 Å². The highest BCUT2D eigenvalue weighted by Crippen LogP contribution is 2.36. The highest BCUT2D eigenvalue weighted by Gasteiger charge is 2.28. The summed E-state index contributed by atoms with van der Waals surface area (Å²) in [4.78, 5) is 41.3. The Kier molecular flexibility index (Phi) is 5.70. The Balaban J connectivity index is 1.88. The van der Waals surface area contributed by atoms with Crippen LogP contribution in [-0.4, -0.2) is 42.5 Å². The number of aromatic nitrogens is 1. The summed E-state index contributed by atoms with van der Waals surface area (Å²) in [6, 6.07) is 5.29. The predicted molar refractivity (Wildman–Crippen MR) is 101 cm³/mol. The molecule has 1 aliphatic rings. The highest BCUT2D eigenvalue weighted by molar-refractivity contribution is 7.14. The van der Waals surface area contributed by atoms with Crippen molar-refractivity contribution in [3.8, 4) is 17.0 Å². The van der Waals surface area contributed by atoms with Crippen LogP contribution in [-0.2, 0) is 19.1 Å². The van der Waals surface area contributed by atoms with E-state index in [1.165, 1.54) is 16.2 Å². The second-order valence-corrected chi connectivity index (χ2v) is 6.55. The van der Waals surface area contributed by atoms with Gasteiger partial charge in [-0.2, -0.15) is 0 Å². The quantitative estimate of drug-likeness (QED) is 0.762. The van der Waals surface area contributed by atoms with E-state index >= 15 is 0 Å². The molecule has 1 aromatic carbocycles. The summed E-state index contributed by atoms with van der Waals surface area (Å²) in [5.74, 6) is -0.400. The SMILES string of the molecule is CCOC(=O)CN1C(=O)COc2ccc(-c3csc(NC(=O)CC)n3)cc21. The summed E-state index contributed by atoms with van der Waals surface area (Å²) in [7, 11) is 0. The summed E-state index contributed by atoms with van der Waals surface area (Å²) in [6.45, 7) is 3.41. The Bertz CT molecular complexity index is 880. The van der Waals surface area contributed by atoms with E-state index in [0.29, 0.717) is 28.7 Å². The average molecular weight is 389 g/mol. The lowest BCUT2D eigenvalue weighted by Gasteiger charge is -2.28. The van der Waals surface area contributed by atoms with Crippen LogP contribution in [0.25, 0.3) is 11.3 Å². The fourth-order valence-corrected chi connectivity index (χ4v) is 3.28. The van der Waals surface area contributed by atoms with E-state index in [-0.39, 0.29) is 31.6 Å². The van der Waals surface area contributed by atoms with Crippen LogP contribution < -0.4 is 15.0 Å². The van der Waals surface area contributed by atoms with Gasteiger partial charge in [0.25, 0.3) is 5.91 Å². The molecule has 1 aliphatic heterocycles. The molecule has 142 valence electrons. The molecule has 0 aliphatic carbocycles. The number of amides is 2. The minimum atomic E-state index is -0.484. The minimum Gasteiger partial charge on any atom is -0.482 e. The molecule has 1 N–H and O–H groups in total. The normalized spacial score (nSPS) is 13.0. The number of nitrogens with one attached hydrogen (secondary N) is 1. The molecule has 27 heavy (non-hydrogen) atoms. The van der Waals surface area contributed by atoms with Crippen molar-refractivity contribution in [3.63, 3.8) is 0 Å². The molecule has 2 heterocycles. The largest absolute Gasteiger partial charge is 0.482 e. The first-order valence-electron chi connectivity index (χ1n) is 8.50. The number of nitrogens with zero attached hydrogens (tertiary/aromatic N) is 2. The average Bonchev–Trinajstić information content (AvgIpc) is 3.12. The first-order chi connectivity index (χ1) is 13.0. The molecule has 0 radical (unpaired) electrons. The molecule has 9 heteroatoms. The van der Waals surface area contributed by atoms with E-state index in [1.54, 1.807) is 26.0 Å². The first-order valence-corrected chi connectivity index (χ1v) is 9.38. The summed E-state index contributed by atoms with van der Waals surface area (Å²) in [6.07, 6.45) is 0.371. The van der Waals surface area contributed by atoms with Crippen molar-refractivity contribution in [2.24, 2.45) is 0 Å². The number of carbonyl (C=O) groups excluding carboxylic acids is 3. The molecule has 1 aromatic heterocycles. The first kappa shape index (κ1) is 18.8. The number of hydrogen-bond acceptors (Lipinski definition) is 7. The zero-order chi connectivity index (χ0) is 19.4. The topological polar surface area (TPSA) is 97.8 Å². The molecule has 0 atom stereocenters. The number of carbonyl (C=O) groups is 3. The zero-order valence-corrected chi connectivity index (χ0v) is 15.8. The van der Waals surface area contributed by atoms with Crippen LogP contribution in [0.3, 0.4) is 0 Å². The molecular weight excluding hydrogens is 370 g/mol. The molecule has 2 aromatic rings. The van der Waals surface area contributed by atoms with Crippen LogP contribution in [0.2, 0.25) is 0 Å². The molecule has 0 saturated carbocycles. The Labute approximate surface area is 160 Å². The van der Waals surface area contributed by atoms with Gasteiger partial charge in [-0.25, -0.2) is 4.98 Å². The van der Waals surface area contributed by atoms with Gasteiger partial charge in [0.2, 0.25) is 5.91 Å². The van der Waals surface area contributed by atoms with Crippen molar-refractivity contribution >= 4 is 39.9 Å². The van der Waals surface area contributed by atoms with E-state index in [4.69, 9.17) is 9.47 Å². The Morgan fingerprint density at radius 2 is 2.19 bits per heavy atom. The maximum atomic E-state index is 12.2. The third kappa shape index (κ3) is 4.25. The van der Waals surface area contributed by atoms with E-state index in [2.05, 4.69) is 10.3 Å². The van der Waals surface area contributed by atoms with Crippen molar-refractivity contribution in [2.75, 3.05) is 30.0 Å². The number of rotatable bonds is 6. The van der Waals surface area contributed by atoms with Gasteiger partial charge in [-0.1, -0.05) is 6.92 Å². The van der Waals surface area contributed by atoms with Gasteiger partial charge in [0.05, 0.1) is 18.0 Å². The number of fused-ring (bicyclic) bond motifs is 1. The Hall–Kier alpha value is -2.94. The van der Waals surface area contributed by atoms with E-state index < -0.39 is 5.97 Å². The van der Waals surface area contributed by atoms with Gasteiger partial charge in [0.1, 0.15) is 12.3 Å². The van der Waals surface area contributed by atoms with Crippen LogP contribution in [0, 0.1) is 0 Å². The lowest BCUT2D eigenvalue weighted by molar-refractivity contribution is -0.142. The number of thiazole rings is 1. The summed E-state index contributed by atoms with van der Waals surface area (Å²) in [5, 5.41) is 5.04. The molecular formula is C18H19N3O5S. The van der Waals surface area contributed by atoms with Crippen molar-refractivity contribution in [1.82, 2.24) is 4.98 Å².